The highest BCUT2D eigenvalue weighted by atomic mass is 32.1. The first-order chi connectivity index (χ1) is 12.9. The Morgan fingerprint density at radius 2 is 1.96 bits per heavy atom. The number of ether oxygens (including phenoxy) is 1. The molecular formula is C20H20FN3O2S. The van der Waals surface area contributed by atoms with Gasteiger partial charge in [0.1, 0.15) is 17.1 Å². The monoisotopic (exact) mass is 385 g/mol. The number of hydrogen-bond acceptors (Lipinski definition) is 5. The number of aromatic nitrogens is 2. The minimum absolute atomic E-state index is 0.261. The topological polar surface area (TPSA) is 64.1 Å². The highest BCUT2D eigenvalue weighted by Crippen LogP contribution is 2.43. The van der Waals surface area contributed by atoms with Gasteiger partial charge < -0.3 is 10.1 Å². The summed E-state index contributed by atoms with van der Waals surface area (Å²) in [5.74, 6) is -0.750. The third-order valence-corrected chi connectivity index (χ3v) is 5.15. The molecule has 0 bridgehead atoms. The molecule has 0 spiro atoms. The number of halogens is 1. The molecule has 1 heterocycles. The first-order valence-corrected chi connectivity index (χ1v) is 9.27. The molecule has 1 aromatic heterocycles. The van der Waals surface area contributed by atoms with Crippen LogP contribution in [0.1, 0.15) is 30.9 Å². The Kier molecular flexibility index (Phi) is 5.51. The van der Waals surface area contributed by atoms with Crippen molar-refractivity contribution in [2.75, 3.05) is 12.4 Å². The third-order valence-electron chi connectivity index (χ3n) is 4.54. The largest absolute Gasteiger partial charge is 0.497 e. The van der Waals surface area contributed by atoms with Crippen LogP contribution >= 0.6 is 11.3 Å². The van der Waals surface area contributed by atoms with Gasteiger partial charge in [-0.1, -0.05) is 61.6 Å². The van der Waals surface area contributed by atoms with E-state index in [0.717, 1.165) is 5.56 Å². The van der Waals surface area contributed by atoms with Crippen LogP contribution < -0.4 is 10.1 Å². The van der Waals surface area contributed by atoms with Crippen molar-refractivity contribution < 1.29 is 13.9 Å². The SMILES string of the molecule is COc1ccc(C(c2ccccc2)C(C)(C)C(=O)Nc2nncs2)c(F)c1. The number of anilines is 1. The number of nitrogens with zero attached hydrogens (tertiary/aromatic N) is 2. The molecule has 3 rings (SSSR count). The van der Waals surface area contributed by atoms with Gasteiger partial charge in [0, 0.05) is 12.0 Å². The maximum atomic E-state index is 14.9. The van der Waals surface area contributed by atoms with Gasteiger partial charge in [0.15, 0.2) is 0 Å². The number of rotatable bonds is 6. The lowest BCUT2D eigenvalue weighted by atomic mass is 9.70. The van der Waals surface area contributed by atoms with Crippen molar-refractivity contribution in [3.63, 3.8) is 0 Å². The minimum Gasteiger partial charge on any atom is -0.497 e. The van der Waals surface area contributed by atoms with E-state index in [4.69, 9.17) is 4.74 Å². The second-order valence-corrected chi connectivity index (χ2v) is 7.48. The van der Waals surface area contributed by atoms with Crippen molar-refractivity contribution in [3.8, 4) is 5.75 Å². The maximum Gasteiger partial charge on any atom is 0.232 e. The summed E-state index contributed by atoms with van der Waals surface area (Å²) in [6, 6.07) is 14.1. The average Bonchev–Trinajstić information content (AvgIpc) is 3.17. The summed E-state index contributed by atoms with van der Waals surface area (Å²) in [6.45, 7) is 3.59. The van der Waals surface area contributed by atoms with Crippen molar-refractivity contribution in [3.05, 3.63) is 71.0 Å². The van der Waals surface area contributed by atoms with Crippen LogP contribution in [0.25, 0.3) is 0 Å². The number of hydrogen-bond donors (Lipinski definition) is 1. The first-order valence-electron chi connectivity index (χ1n) is 8.39. The predicted molar refractivity (Wildman–Crippen MR) is 104 cm³/mol. The summed E-state index contributed by atoms with van der Waals surface area (Å²) in [5.41, 5.74) is 1.86. The molecule has 1 unspecified atom stereocenters. The molecule has 0 radical (unpaired) electrons. The molecule has 1 N–H and O–H groups in total. The summed E-state index contributed by atoms with van der Waals surface area (Å²) < 4.78 is 20.0. The van der Waals surface area contributed by atoms with Crippen LogP contribution in [-0.2, 0) is 4.79 Å². The van der Waals surface area contributed by atoms with E-state index < -0.39 is 17.2 Å². The van der Waals surface area contributed by atoms with E-state index in [2.05, 4.69) is 15.5 Å². The van der Waals surface area contributed by atoms with Gasteiger partial charge in [0.25, 0.3) is 0 Å². The zero-order valence-electron chi connectivity index (χ0n) is 15.3. The highest BCUT2D eigenvalue weighted by Gasteiger charge is 2.40. The zero-order valence-corrected chi connectivity index (χ0v) is 16.1. The fourth-order valence-corrected chi connectivity index (χ4v) is 3.56. The van der Waals surface area contributed by atoms with Gasteiger partial charge in [0.2, 0.25) is 11.0 Å². The predicted octanol–water partition coefficient (Wildman–Crippen LogP) is 4.48. The Hall–Kier alpha value is -2.80. The molecule has 2 aromatic carbocycles. The highest BCUT2D eigenvalue weighted by molar-refractivity contribution is 7.13. The van der Waals surface area contributed by atoms with Crippen molar-refractivity contribution in [1.82, 2.24) is 10.2 Å². The van der Waals surface area contributed by atoms with E-state index in [-0.39, 0.29) is 5.91 Å². The molecule has 5 nitrogen and oxygen atoms in total. The van der Waals surface area contributed by atoms with E-state index >= 15 is 0 Å². The van der Waals surface area contributed by atoms with Crippen molar-refractivity contribution >= 4 is 22.4 Å². The maximum absolute atomic E-state index is 14.9. The molecule has 0 aliphatic rings. The van der Waals surface area contributed by atoms with Crippen LogP contribution in [0.5, 0.6) is 5.75 Å². The molecule has 0 saturated heterocycles. The van der Waals surface area contributed by atoms with E-state index in [1.807, 2.05) is 30.3 Å². The zero-order chi connectivity index (χ0) is 19.4. The molecule has 3 aromatic rings. The molecule has 0 aliphatic heterocycles. The van der Waals surface area contributed by atoms with E-state index in [1.165, 1.54) is 24.5 Å². The lowest BCUT2D eigenvalue weighted by molar-refractivity contribution is -0.124. The number of methoxy groups -OCH3 is 1. The van der Waals surface area contributed by atoms with Gasteiger partial charge in [-0.15, -0.1) is 10.2 Å². The summed E-state index contributed by atoms with van der Waals surface area (Å²) in [4.78, 5) is 13.0. The second kappa shape index (κ2) is 7.84. The Labute approximate surface area is 161 Å². The van der Waals surface area contributed by atoms with Crippen LogP contribution in [0.15, 0.2) is 54.0 Å². The average molecular weight is 385 g/mol. The third kappa shape index (κ3) is 3.98. The van der Waals surface area contributed by atoms with Gasteiger partial charge >= 0.3 is 0 Å². The smallest absolute Gasteiger partial charge is 0.232 e. The molecule has 1 amide bonds. The van der Waals surface area contributed by atoms with Crippen molar-refractivity contribution in [2.45, 2.75) is 19.8 Å². The summed E-state index contributed by atoms with van der Waals surface area (Å²) in [5, 5.41) is 10.8. The summed E-state index contributed by atoms with van der Waals surface area (Å²) in [7, 11) is 1.49. The number of benzene rings is 2. The Balaban J connectivity index is 2.05. The molecule has 0 fully saturated rings. The standard InChI is InChI=1S/C20H20FN3O2S/c1-20(2,18(25)23-19-24-22-12-27-19)17(13-7-5-4-6-8-13)15-10-9-14(26-3)11-16(15)21/h4-12,17H,1-3H3,(H,23,24,25). The molecule has 1 atom stereocenters. The number of amides is 1. The number of carbonyl (C=O) groups excluding carboxylic acids is 1. The molecule has 140 valence electrons. The quantitative estimate of drug-likeness (QED) is 0.679. The van der Waals surface area contributed by atoms with Crippen LogP contribution in [0.4, 0.5) is 9.52 Å². The van der Waals surface area contributed by atoms with Gasteiger partial charge in [-0.25, -0.2) is 4.39 Å². The lowest BCUT2D eigenvalue weighted by Gasteiger charge is -2.34. The Morgan fingerprint density at radius 1 is 1.22 bits per heavy atom. The second-order valence-electron chi connectivity index (χ2n) is 6.65. The number of carbonyl (C=O) groups is 1. The number of nitrogens with one attached hydrogen (secondary N) is 1. The fraction of sp³-hybridized carbons (Fsp3) is 0.250. The summed E-state index contributed by atoms with van der Waals surface area (Å²) in [6.07, 6.45) is 0. The van der Waals surface area contributed by atoms with Gasteiger partial charge in [-0.2, -0.15) is 0 Å². The fourth-order valence-electron chi connectivity index (χ4n) is 3.12. The molecule has 0 aliphatic carbocycles. The van der Waals surface area contributed by atoms with Crippen molar-refractivity contribution in [2.24, 2.45) is 5.41 Å². The van der Waals surface area contributed by atoms with Crippen LogP contribution in [0.2, 0.25) is 0 Å². The van der Waals surface area contributed by atoms with Crippen LogP contribution in [-0.4, -0.2) is 23.2 Å². The van der Waals surface area contributed by atoms with E-state index in [0.29, 0.717) is 16.4 Å². The van der Waals surface area contributed by atoms with Gasteiger partial charge in [-0.3, -0.25) is 4.79 Å². The van der Waals surface area contributed by atoms with Crippen LogP contribution in [0, 0.1) is 11.2 Å². The lowest BCUT2D eigenvalue weighted by Crippen LogP contribution is -2.37. The molecule has 0 saturated carbocycles. The summed E-state index contributed by atoms with van der Waals surface area (Å²) >= 11 is 1.23. The minimum atomic E-state index is -0.956. The molecule has 7 heteroatoms. The molecule has 27 heavy (non-hydrogen) atoms. The normalized spacial score (nSPS) is 12.4. The van der Waals surface area contributed by atoms with Gasteiger partial charge in [-0.05, 0) is 17.2 Å². The van der Waals surface area contributed by atoms with E-state index in [9.17, 15) is 9.18 Å². The Bertz CT molecular complexity index is 914. The van der Waals surface area contributed by atoms with E-state index in [1.54, 1.807) is 31.5 Å². The first kappa shape index (κ1) is 19.0. The molecular weight excluding hydrogens is 365 g/mol. The van der Waals surface area contributed by atoms with Gasteiger partial charge in [0.05, 0.1) is 12.5 Å². The van der Waals surface area contributed by atoms with Crippen molar-refractivity contribution in [1.29, 1.82) is 0 Å². The van der Waals surface area contributed by atoms with Crippen LogP contribution in [0.3, 0.4) is 0 Å². The Morgan fingerprint density at radius 3 is 2.56 bits per heavy atom.